The third-order valence-electron chi connectivity index (χ3n) is 13.5. The van der Waals surface area contributed by atoms with Crippen molar-refractivity contribution in [3.8, 4) is 5.88 Å². The van der Waals surface area contributed by atoms with Crippen molar-refractivity contribution in [2.24, 2.45) is 5.41 Å². The Morgan fingerprint density at radius 1 is 0.970 bits per heavy atom. The number of carbonyl (C=O) groups is 1. The molecular weight excluding hydrogens is 900 g/mol. The lowest BCUT2D eigenvalue weighted by Crippen LogP contribution is -2.48. The molecule has 0 saturated carbocycles. The maximum atomic E-state index is 14.5. The first kappa shape index (κ1) is 45.0. The van der Waals surface area contributed by atoms with Gasteiger partial charge in [-0.05, 0) is 90.4 Å². The molecule has 0 bridgehead atoms. The molecule has 3 fully saturated rings. The molecule has 5 aliphatic rings. The summed E-state index contributed by atoms with van der Waals surface area (Å²) < 4.78 is 53.7. The zero-order chi connectivity index (χ0) is 46.5. The van der Waals surface area contributed by atoms with Crippen LogP contribution < -0.4 is 24.6 Å². The van der Waals surface area contributed by atoms with E-state index < -0.39 is 37.5 Å². The third kappa shape index (κ3) is 9.42. The number of carbonyl (C=O) groups excluding carboxylic acids is 1. The van der Waals surface area contributed by atoms with Crippen LogP contribution in [0.15, 0.2) is 89.5 Å². The zero-order valence-corrected chi connectivity index (χ0v) is 38.9. The molecule has 2 aromatic heterocycles. The Morgan fingerprint density at radius 3 is 2.57 bits per heavy atom. The highest BCUT2D eigenvalue weighted by Gasteiger charge is 2.44. The van der Waals surface area contributed by atoms with Crippen molar-refractivity contribution >= 4 is 72.6 Å². The van der Waals surface area contributed by atoms with Gasteiger partial charge < -0.3 is 39.0 Å². The highest BCUT2D eigenvalue weighted by atomic mass is 35.5. The summed E-state index contributed by atoms with van der Waals surface area (Å²) in [6.45, 7) is 10.6. The maximum absolute atomic E-state index is 14.5. The molecule has 3 atom stereocenters. The first-order valence-electron chi connectivity index (χ1n) is 22.7. The third-order valence-corrected chi connectivity index (χ3v) is 15.0. The second-order valence-corrected chi connectivity index (χ2v) is 20.7. The zero-order valence-electron chi connectivity index (χ0n) is 37.3. The lowest BCUT2D eigenvalue weighted by molar-refractivity contribution is -0.384. The van der Waals surface area contributed by atoms with E-state index in [2.05, 4.69) is 50.8 Å². The first-order valence-corrected chi connectivity index (χ1v) is 24.5. The lowest BCUT2D eigenvalue weighted by atomic mass is 9.72. The van der Waals surface area contributed by atoms with E-state index in [1.165, 1.54) is 28.8 Å². The molecule has 3 N–H and O–H groups in total. The Bertz CT molecular complexity index is 2840. The summed E-state index contributed by atoms with van der Waals surface area (Å²) in [5.41, 5.74) is 6.55. The molecule has 4 aliphatic heterocycles. The van der Waals surface area contributed by atoms with Crippen molar-refractivity contribution in [1.29, 1.82) is 0 Å². The van der Waals surface area contributed by atoms with Crippen LogP contribution in [0.1, 0.15) is 49.0 Å². The molecule has 19 heteroatoms. The van der Waals surface area contributed by atoms with Crippen molar-refractivity contribution in [2.45, 2.75) is 56.3 Å². The van der Waals surface area contributed by atoms with Crippen molar-refractivity contribution in [3.63, 3.8) is 0 Å². The Hall–Kier alpha value is -5.76. The standard InChI is InChI=1S/C48H53ClN8O9S/c1-48(2)13-11-32(38(24-48)30-3-5-33(49)6-4-30)26-54-15-17-55(18-16-54)34-7-9-37(40(22-34)56-42-21-31-12-14-50-45(31)52-47(42)66-44-29-64-28-43(44)56)46(58)53-67(61,62)36-8-10-39(41(23-36)57(59)60)51-25-35-27-63-19-20-65-35/h3-10,12,14,21-23,35,43-44,51H,11,13,15-20,24-29H2,1-2H3,(H,50,52)(H,53,58)/t35-,43-,44-/m0/s1. The van der Waals surface area contributed by atoms with Crippen LogP contribution in [-0.4, -0.2) is 125 Å². The van der Waals surface area contributed by atoms with Gasteiger partial charge in [-0.2, -0.15) is 4.98 Å². The molecule has 5 aromatic rings. The number of sulfonamides is 1. The quantitative estimate of drug-likeness (QED) is 0.0843. The number of halogens is 1. The number of fused-ring (bicyclic) bond motifs is 3. The van der Waals surface area contributed by atoms with E-state index in [9.17, 15) is 23.3 Å². The molecule has 352 valence electrons. The molecule has 17 nitrogen and oxygen atoms in total. The Labute approximate surface area is 393 Å². The van der Waals surface area contributed by atoms with Gasteiger partial charge in [-0.3, -0.25) is 19.8 Å². The number of ether oxygens (including phenoxy) is 4. The highest BCUT2D eigenvalue weighted by Crippen LogP contribution is 2.46. The summed E-state index contributed by atoms with van der Waals surface area (Å²) in [5, 5.41) is 16.7. The summed E-state index contributed by atoms with van der Waals surface area (Å²) in [7, 11) is -4.63. The van der Waals surface area contributed by atoms with Gasteiger partial charge in [0.15, 0.2) is 0 Å². The summed E-state index contributed by atoms with van der Waals surface area (Å²) in [6.07, 6.45) is 4.20. The fraction of sp³-hybridized carbons (Fsp3) is 0.417. The molecule has 6 heterocycles. The van der Waals surface area contributed by atoms with Crippen LogP contribution >= 0.6 is 11.6 Å². The minimum Gasteiger partial charge on any atom is -0.468 e. The average molecular weight is 954 g/mol. The number of anilines is 4. The van der Waals surface area contributed by atoms with E-state index in [0.717, 1.165) is 74.1 Å². The smallest absolute Gasteiger partial charge is 0.293 e. The van der Waals surface area contributed by atoms with Gasteiger partial charge >= 0.3 is 0 Å². The fourth-order valence-electron chi connectivity index (χ4n) is 9.82. The maximum Gasteiger partial charge on any atom is 0.293 e. The largest absolute Gasteiger partial charge is 0.468 e. The highest BCUT2D eigenvalue weighted by molar-refractivity contribution is 7.90. The number of aromatic amines is 1. The van der Waals surface area contributed by atoms with Gasteiger partial charge in [-0.1, -0.05) is 43.2 Å². The molecule has 1 aliphatic carbocycles. The van der Waals surface area contributed by atoms with E-state index in [-0.39, 0.29) is 42.0 Å². The second kappa shape index (κ2) is 18.4. The fourth-order valence-corrected chi connectivity index (χ4v) is 10.9. The number of rotatable bonds is 12. The number of amides is 1. The Morgan fingerprint density at radius 2 is 1.79 bits per heavy atom. The minimum absolute atomic E-state index is 0.0722. The Kier molecular flexibility index (Phi) is 12.4. The molecule has 0 spiro atoms. The van der Waals surface area contributed by atoms with E-state index in [0.29, 0.717) is 49.3 Å². The number of benzene rings is 3. The molecule has 0 unspecified atom stereocenters. The van der Waals surface area contributed by atoms with E-state index in [1.54, 1.807) is 12.3 Å². The molecule has 3 saturated heterocycles. The average Bonchev–Trinajstić information content (AvgIpc) is 4.00. The number of aromatic nitrogens is 2. The van der Waals surface area contributed by atoms with Crippen LogP contribution in [0.4, 0.5) is 28.4 Å². The predicted molar refractivity (Wildman–Crippen MR) is 255 cm³/mol. The van der Waals surface area contributed by atoms with Crippen molar-refractivity contribution in [2.75, 3.05) is 87.4 Å². The molecular formula is C48H53ClN8O9S. The van der Waals surface area contributed by atoms with Gasteiger partial charge in [0.2, 0.25) is 5.88 Å². The number of nitrogens with one attached hydrogen (secondary N) is 3. The first-order chi connectivity index (χ1) is 32.3. The van der Waals surface area contributed by atoms with Crippen molar-refractivity contribution < 1.29 is 37.1 Å². The number of nitro groups is 1. The van der Waals surface area contributed by atoms with Crippen molar-refractivity contribution in [3.05, 3.63) is 111 Å². The van der Waals surface area contributed by atoms with Gasteiger partial charge in [0.1, 0.15) is 23.1 Å². The number of hydrogen-bond acceptors (Lipinski definition) is 14. The number of hydrogen-bond donors (Lipinski definition) is 3. The van der Waals surface area contributed by atoms with Crippen LogP contribution in [0.2, 0.25) is 5.02 Å². The number of nitrogens with zero attached hydrogens (tertiary/aromatic N) is 5. The monoisotopic (exact) mass is 952 g/mol. The van der Waals surface area contributed by atoms with Gasteiger partial charge in [0.05, 0.1) is 66.2 Å². The van der Waals surface area contributed by atoms with Gasteiger partial charge in [0, 0.05) is 67.6 Å². The predicted octanol–water partition coefficient (Wildman–Crippen LogP) is 7.15. The normalized spacial score (nSPS) is 22.0. The number of piperazine rings is 1. The van der Waals surface area contributed by atoms with Crippen LogP contribution in [0.25, 0.3) is 16.6 Å². The van der Waals surface area contributed by atoms with E-state index in [4.69, 9.17) is 35.5 Å². The van der Waals surface area contributed by atoms with Crippen LogP contribution in [0.5, 0.6) is 5.88 Å². The second-order valence-electron chi connectivity index (χ2n) is 18.6. The van der Waals surface area contributed by atoms with Gasteiger partial charge in [-0.15, -0.1) is 0 Å². The van der Waals surface area contributed by atoms with Crippen molar-refractivity contribution in [1.82, 2.24) is 19.6 Å². The number of pyridine rings is 1. The summed E-state index contributed by atoms with van der Waals surface area (Å²) in [5.74, 6) is -0.563. The topological polar surface area (TPSA) is 194 Å². The van der Waals surface area contributed by atoms with Gasteiger partial charge in [-0.25, -0.2) is 13.1 Å². The molecule has 0 radical (unpaired) electrons. The SMILES string of the molecule is CC1(C)CCC(CN2CCN(c3ccc(C(=O)NS(=O)(=O)c4ccc(NC[C@H]5COCCO5)c([N+](=O)[O-])c4)c(N4c5cc6cc[nH]c6nc5O[C@H]5COC[C@@H]54)c3)CC2)=C(c2ccc(Cl)cc2)C1. The van der Waals surface area contributed by atoms with E-state index >= 15 is 0 Å². The van der Waals surface area contributed by atoms with E-state index in [1.807, 2.05) is 41.3 Å². The molecule has 67 heavy (non-hydrogen) atoms. The lowest BCUT2D eigenvalue weighted by Gasteiger charge is -2.41. The Balaban J connectivity index is 0.946. The molecule has 1 amide bonds. The summed E-state index contributed by atoms with van der Waals surface area (Å²) >= 11 is 6.28. The van der Waals surface area contributed by atoms with Gasteiger partial charge in [0.25, 0.3) is 21.6 Å². The van der Waals surface area contributed by atoms with Crippen LogP contribution in [-0.2, 0) is 24.2 Å². The number of allylic oxidation sites excluding steroid dienone is 1. The summed E-state index contributed by atoms with van der Waals surface area (Å²) in [6, 6.07) is 20.5. The minimum atomic E-state index is -4.63. The molecule has 3 aromatic carbocycles. The number of nitro benzene ring substituents is 1. The number of H-pyrrole nitrogens is 1. The molecule has 10 rings (SSSR count). The van der Waals surface area contributed by atoms with Crippen LogP contribution in [0, 0.1) is 15.5 Å². The summed E-state index contributed by atoms with van der Waals surface area (Å²) in [4.78, 5) is 40.4. The van der Waals surface area contributed by atoms with Crippen LogP contribution in [0.3, 0.4) is 0 Å².